The van der Waals surface area contributed by atoms with Crippen LogP contribution in [0.2, 0.25) is 0 Å². The van der Waals surface area contributed by atoms with Gasteiger partial charge in [-0.05, 0) is 61.6 Å². The van der Waals surface area contributed by atoms with Gasteiger partial charge in [0, 0.05) is 23.3 Å². The molecule has 31 heavy (non-hydrogen) atoms. The Bertz CT molecular complexity index is 1210. The Morgan fingerprint density at radius 1 is 1.19 bits per heavy atom. The summed E-state index contributed by atoms with van der Waals surface area (Å²) >= 11 is 5.70. The third kappa shape index (κ3) is 4.35. The average molecular weight is 458 g/mol. The first-order valence-electron chi connectivity index (χ1n) is 9.59. The molecule has 0 radical (unpaired) electrons. The lowest BCUT2D eigenvalue weighted by Gasteiger charge is -2.27. The number of thiocarbonyl (C=S) groups is 1. The Labute approximate surface area is 186 Å². The summed E-state index contributed by atoms with van der Waals surface area (Å²) < 4.78 is 31.6. The highest BCUT2D eigenvalue weighted by molar-refractivity contribution is 7.92. The van der Waals surface area contributed by atoms with Gasteiger partial charge in [0.1, 0.15) is 11.8 Å². The van der Waals surface area contributed by atoms with Crippen LogP contribution >= 0.6 is 12.2 Å². The first kappa shape index (κ1) is 21.1. The average Bonchev–Trinajstić information content (AvgIpc) is 3.30. The number of sulfonamides is 1. The number of nitrogens with zero attached hydrogens (tertiary/aromatic N) is 2. The van der Waals surface area contributed by atoms with Gasteiger partial charge in [-0.2, -0.15) is 0 Å². The molecule has 2 aromatic heterocycles. The molecule has 0 bridgehead atoms. The first-order valence-corrected chi connectivity index (χ1v) is 11.9. The van der Waals surface area contributed by atoms with Crippen molar-refractivity contribution in [3.05, 3.63) is 71.8 Å². The van der Waals surface area contributed by atoms with E-state index in [4.69, 9.17) is 17.0 Å². The van der Waals surface area contributed by atoms with E-state index < -0.39 is 10.0 Å². The molecule has 0 spiro atoms. The Morgan fingerprint density at radius 3 is 2.61 bits per heavy atom. The second-order valence-electron chi connectivity index (χ2n) is 7.35. The van der Waals surface area contributed by atoms with Crippen LogP contribution in [0.3, 0.4) is 0 Å². The van der Waals surface area contributed by atoms with Crippen LogP contribution in [0.4, 0.5) is 11.4 Å². The molecule has 0 saturated carbocycles. The van der Waals surface area contributed by atoms with Crippen LogP contribution in [0.15, 0.2) is 54.7 Å². The van der Waals surface area contributed by atoms with Crippen molar-refractivity contribution in [3.8, 4) is 5.75 Å². The van der Waals surface area contributed by atoms with Crippen LogP contribution in [0.1, 0.15) is 29.2 Å². The molecule has 162 valence electrons. The number of pyridine rings is 1. The minimum atomic E-state index is -3.49. The number of aromatic nitrogens is 2. The Hall–Kier alpha value is -3.11. The summed E-state index contributed by atoms with van der Waals surface area (Å²) in [6.45, 7) is 1.99. The fourth-order valence-corrected chi connectivity index (χ4v) is 4.68. The van der Waals surface area contributed by atoms with Gasteiger partial charge in [-0.15, -0.1) is 0 Å². The smallest absolute Gasteiger partial charge is 0.229 e. The molecule has 1 aromatic carbocycles. The molecule has 4 rings (SSSR count). The summed E-state index contributed by atoms with van der Waals surface area (Å²) in [5, 5.41) is 3.89. The zero-order valence-corrected chi connectivity index (χ0v) is 18.9. The number of rotatable bonds is 6. The van der Waals surface area contributed by atoms with Crippen molar-refractivity contribution >= 4 is 38.7 Å². The molecule has 0 amide bonds. The van der Waals surface area contributed by atoms with Crippen LogP contribution in [-0.4, -0.2) is 36.9 Å². The standard InChI is InChI=1S/C21H23N5O3S2/c1-13-7-9-16(23-13)20-19(15-6-4-5-11-22-15)24-21(30)26(20)14-8-10-18(29-2)17(12-14)25-31(3,27)28/h4-12,19-20,23,25H,1-3H3,(H,24,30)/t19-,20+/m0/s1. The molecule has 3 heterocycles. The summed E-state index contributed by atoms with van der Waals surface area (Å²) in [4.78, 5) is 9.90. The van der Waals surface area contributed by atoms with E-state index in [0.29, 0.717) is 16.5 Å². The summed E-state index contributed by atoms with van der Waals surface area (Å²) in [7, 11) is -2.00. The van der Waals surface area contributed by atoms with Gasteiger partial charge in [0.05, 0.1) is 30.8 Å². The molecule has 0 unspecified atom stereocenters. The topological polar surface area (TPSA) is 99.3 Å². The van der Waals surface area contributed by atoms with E-state index in [-0.39, 0.29) is 12.1 Å². The normalized spacial score (nSPS) is 18.7. The van der Waals surface area contributed by atoms with Crippen molar-refractivity contribution < 1.29 is 13.2 Å². The molecule has 1 saturated heterocycles. The van der Waals surface area contributed by atoms with Gasteiger partial charge >= 0.3 is 0 Å². The quantitative estimate of drug-likeness (QED) is 0.489. The van der Waals surface area contributed by atoms with E-state index in [0.717, 1.165) is 29.0 Å². The van der Waals surface area contributed by atoms with Crippen LogP contribution < -0.4 is 19.7 Å². The number of aryl methyl sites for hydroxylation is 1. The minimum absolute atomic E-state index is 0.194. The van der Waals surface area contributed by atoms with E-state index in [9.17, 15) is 8.42 Å². The van der Waals surface area contributed by atoms with E-state index in [1.165, 1.54) is 7.11 Å². The third-order valence-corrected chi connectivity index (χ3v) is 5.93. The number of ether oxygens (including phenoxy) is 1. The number of nitrogens with one attached hydrogen (secondary N) is 3. The molecule has 3 aromatic rings. The maximum atomic E-state index is 11.9. The SMILES string of the molecule is COc1ccc(N2C(=S)N[C@@H](c3ccccn3)[C@H]2c2ccc(C)[nH]2)cc1NS(C)(=O)=O. The number of hydrogen-bond acceptors (Lipinski definition) is 5. The number of H-pyrrole nitrogens is 1. The van der Waals surface area contributed by atoms with E-state index >= 15 is 0 Å². The van der Waals surface area contributed by atoms with Gasteiger partial charge in [-0.3, -0.25) is 9.71 Å². The largest absolute Gasteiger partial charge is 0.495 e. The van der Waals surface area contributed by atoms with Crippen molar-refractivity contribution in [3.63, 3.8) is 0 Å². The van der Waals surface area contributed by atoms with E-state index in [1.807, 2.05) is 48.2 Å². The van der Waals surface area contributed by atoms with Crippen molar-refractivity contribution in [2.24, 2.45) is 0 Å². The highest BCUT2D eigenvalue weighted by Gasteiger charge is 2.41. The fraction of sp³-hybridized carbons (Fsp3) is 0.238. The maximum absolute atomic E-state index is 11.9. The molecular weight excluding hydrogens is 434 g/mol. The second kappa shape index (κ2) is 8.20. The molecular formula is C21H23N5O3S2. The van der Waals surface area contributed by atoms with Gasteiger partial charge in [-0.25, -0.2) is 8.42 Å². The maximum Gasteiger partial charge on any atom is 0.229 e. The minimum Gasteiger partial charge on any atom is -0.495 e. The molecule has 0 aliphatic carbocycles. The molecule has 2 atom stereocenters. The molecule has 3 N–H and O–H groups in total. The molecule has 1 aliphatic heterocycles. The van der Waals surface area contributed by atoms with Crippen LogP contribution in [0.5, 0.6) is 5.75 Å². The lowest BCUT2D eigenvalue weighted by Crippen LogP contribution is -2.29. The Morgan fingerprint density at radius 2 is 2.00 bits per heavy atom. The van der Waals surface area contributed by atoms with Crippen molar-refractivity contribution in [1.29, 1.82) is 0 Å². The summed E-state index contributed by atoms with van der Waals surface area (Å²) in [5.74, 6) is 0.417. The lowest BCUT2D eigenvalue weighted by molar-refractivity contribution is 0.417. The van der Waals surface area contributed by atoms with Gasteiger partial charge < -0.3 is 19.9 Å². The van der Waals surface area contributed by atoms with Crippen LogP contribution in [-0.2, 0) is 10.0 Å². The van der Waals surface area contributed by atoms with Crippen LogP contribution in [0, 0.1) is 6.92 Å². The molecule has 1 fully saturated rings. The van der Waals surface area contributed by atoms with Gasteiger partial charge in [-0.1, -0.05) is 6.07 Å². The Balaban J connectivity index is 1.82. The highest BCUT2D eigenvalue weighted by atomic mass is 32.2. The number of aromatic amines is 1. The van der Waals surface area contributed by atoms with Gasteiger partial charge in [0.2, 0.25) is 10.0 Å². The monoisotopic (exact) mass is 457 g/mol. The predicted molar refractivity (Wildman–Crippen MR) is 125 cm³/mol. The summed E-state index contributed by atoms with van der Waals surface area (Å²) in [6.07, 6.45) is 2.85. The summed E-state index contributed by atoms with van der Waals surface area (Å²) in [6, 6.07) is 14.7. The highest BCUT2D eigenvalue weighted by Crippen LogP contribution is 2.42. The molecule has 8 nitrogen and oxygen atoms in total. The van der Waals surface area contributed by atoms with Crippen molar-refractivity contribution in [2.45, 2.75) is 19.0 Å². The second-order valence-corrected chi connectivity index (χ2v) is 9.49. The van der Waals surface area contributed by atoms with Crippen molar-refractivity contribution in [1.82, 2.24) is 15.3 Å². The number of hydrogen-bond donors (Lipinski definition) is 3. The third-order valence-electron chi connectivity index (χ3n) is 5.03. The van der Waals surface area contributed by atoms with Gasteiger partial charge in [0.15, 0.2) is 5.11 Å². The van der Waals surface area contributed by atoms with E-state index in [2.05, 4.69) is 20.0 Å². The summed E-state index contributed by atoms with van der Waals surface area (Å²) in [5.41, 5.74) is 3.91. The Kier molecular flexibility index (Phi) is 5.59. The zero-order valence-electron chi connectivity index (χ0n) is 17.3. The lowest BCUT2D eigenvalue weighted by atomic mass is 10.0. The first-order chi connectivity index (χ1) is 14.8. The fourth-order valence-electron chi connectivity index (χ4n) is 3.77. The van der Waals surface area contributed by atoms with Gasteiger partial charge in [0.25, 0.3) is 0 Å². The van der Waals surface area contributed by atoms with E-state index in [1.54, 1.807) is 18.3 Å². The zero-order chi connectivity index (χ0) is 22.2. The number of benzene rings is 1. The number of methoxy groups -OCH3 is 1. The van der Waals surface area contributed by atoms with Crippen LogP contribution in [0.25, 0.3) is 0 Å². The molecule has 10 heteroatoms. The predicted octanol–water partition coefficient (Wildman–Crippen LogP) is 3.28. The van der Waals surface area contributed by atoms with Crippen molar-refractivity contribution in [2.75, 3.05) is 23.0 Å². The molecule has 1 aliphatic rings. The number of anilines is 2.